The fourth-order valence-corrected chi connectivity index (χ4v) is 3.24. The maximum absolute atomic E-state index is 13.6. The summed E-state index contributed by atoms with van der Waals surface area (Å²) in [4.78, 5) is 16.3. The van der Waals surface area contributed by atoms with Crippen molar-refractivity contribution in [2.75, 3.05) is 18.2 Å². The number of hydrogen-bond acceptors (Lipinski definition) is 4. The Morgan fingerprint density at radius 2 is 2.07 bits per heavy atom. The molecule has 8 heteroatoms. The molecule has 0 aliphatic carbocycles. The van der Waals surface area contributed by atoms with Crippen LogP contribution in [0.15, 0.2) is 60.0 Å². The summed E-state index contributed by atoms with van der Waals surface area (Å²) in [7, 11) is 1.61. The van der Waals surface area contributed by atoms with Crippen molar-refractivity contribution in [3.05, 3.63) is 72.1 Å². The Hall–Kier alpha value is -2.87. The number of rotatable bonds is 7. The third kappa shape index (κ3) is 4.85. The molecule has 27 heavy (non-hydrogen) atoms. The number of imidazole rings is 1. The van der Waals surface area contributed by atoms with E-state index in [9.17, 15) is 13.6 Å². The monoisotopic (exact) mass is 389 g/mol. The Morgan fingerprint density at radius 3 is 2.85 bits per heavy atom. The largest absolute Gasteiger partial charge is 0.496 e. The number of carbonyl (C=O) groups excluding carboxylic acids is 1. The molecule has 5 nitrogen and oxygen atoms in total. The number of ether oxygens (including phenoxy) is 1. The summed E-state index contributed by atoms with van der Waals surface area (Å²) in [5, 5.41) is 3.08. The lowest BCUT2D eigenvalue weighted by Crippen LogP contribution is -2.15. The van der Waals surface area contributed by atoms with E-state index >= 15 is 0 Å². The first-order valence-corrected chi connectivity index (χ1v) is 9.06. The first-order chi connectivity index (χ1) is 13.1. The van der Waals surface area contributed by atoms with E-state index in [2.05, 4.69) is 10.3 Å². The topological polar surface area (TPSA) is 56.2 Å². The summed E-state index contributed by atoms with van der Waals surface area (Å²) in [5.41, 5.74) is 0.928. The molecule has 140 valence electrons. The zero-order valence-electron chi connectivity index (χ0n) is 14.5. The molecule has 0 radical (unpaired) electrons. The van der Waals surface area contributed by atoms with Crippen molar-refractivity contribution in [2.24, 2.45) is 0 Å². The predicted molar refractivity (Wildman–Crippen MR) is 100 cm³/mol. The minimum Gasteiger partial charge on any atom is -0.496 e. The number of carbonyl (C=O) groups is 1. The van der Waals surface area contributed by atoms with Crippen LogP contribution < -0.4 is 10.1 Å². The number of aromatic nitrogens is 2. The molecule has 1 heterocycles. The fraction of sp³-hybridized carbons (Fsp3) is 0.158. The van der Waals surface area contributed by atoms with Crippen LogP contribution in [-0.2, 0) is 11.3 Å². The Morgan fingerprint density at radius 1 is 1.26 bits per heavy atom. The maximum atomic E-state index is 13.6. The number of thioether (sulfide) groups is 1. The number of methoxy groups -OCH3 is 1. The van der Waals surface area contributed by atoms with Crippen LogP contribution in [-0.4, -0.2) is 28.3 Å². The van der Waals surface area contributed by atoms with Crippen molar-refractivity contribution in [3.8, 4) is 5.75 Å². The summed E-state index contributed by atoms with van der Waals surface area (Å²) < 4.78 is 33.8. The molecule has 0 aliphatic heterocycles. The van der Waals surface area contributed by atoms with Crippen molar-refractivity contribution in [1.29, 1.82) is 0 Å². The Bertz CT molecular complexity index is 946. The molecule has 0 saturated heterocycles. The summed E-state index contributed by atoms with van der Waals surface area (Å²) >= 11 is 1.23. The van der Waals surface area contributed by atoms with Crippen LogP contribution in [0.5, 0.6) is 5.75 Å². The van der Waals surface area contributed by atoms with Crippen LogP contribution in [0.2, 0.25) is 0 Å². The van der Waals surface area contributed by atoms with Gasteiger partial charge >= 0.3 is 0 Å². The van der Waals surface area contributed by atoms with Gasteiger partial charge in [-0.1, -0.05) is 30.0 Å². The highest BCUT2D eigenvalue weighted by Crippen LogP contribution is 2.23. The number of hydrogen-bond donors (Lipinski definition) is 1. The zero-order valence-corrected chi connectivity index (χ0v) is 15.3. The van der Waals surface area contributed by atoms with E-state index in [1.54, 1.807) is 13.3 Å². The molecule has 0 aliphatic rings. The Balaban J connectivity index is 1.62. The van der Waals surface area contributed by atoms with E-state index in [4.69, 9.17) is 4.74 Å². The highest BCUT2D eigenvalue weighted by atomic mass is 32.2. The minimum atomic E-state index is -0.814. The number of anilines is 1. The minimum absolute atomic E-state index is 0.0414. The molecule has 3 rings (SSSR count). The van der Waals surface area contributed by atoms with Gasteiger partial charge in [-0.25, -0.2) is 13.8 Å². The van der Waals surface area contributed by atoms with Gasteiger partial charge in [-0.05, 0) is 18.2 Å². The van der Waals surface area contributed by atoms with Crippen LogP contribution in [0.3, 0.4) is 0 Å². The normalized spacial score (nSPS) is 10.6. The summed E-state index contributed by atoms with van der Waals surface area (Å²) in [6.07, 6.45) is 3.46. The number of amides is 1. The smallest absolute Gasteiger partial charge is 0.234 e. The van der Waals surface area contributed by atoms with Gasteiger partial charge in [-0.3, -0.25) is 4.79 Å². The van der Waals surface area contributed by atoms with Crippen LogP contribution >= 0.6 is 11.8 Å². The van der Waals surface area contributed by atoms with E-state index in [1.807, 2.05) is 35.0 Å². The molecule has 3 aromatic rings. The Labute approximate surface area is 159 Å². The molecule has 0 bridgehead atoms. The van der Waals surface area contributed by atoms with Crippen molar-refractivity contribution < 1.29 is 18.3 Å². The van der Waals surface area contributed by atoms with Gasteiger partial charge in [-0.15, -0.1) is 0 Å². The van der Waals surface area contributed by atoms with Gasteiger partial charge in [0.25, 0.3) is 0 Å². The lowest BCUT2D eigenvalue weighted by atomic mass is 10.2. The van der Waals surface area contributed by atoms with Crippen LogP contribution in [0.4, 0.5) is 14.5 Å². The van der Waals surface area contributed by atoms with Gasteiger partial charge in [0.05, 0.1) is 25.1 Å². The third-order valence-electron chi connectivity index (χ3n) is 3.75. The molecule has 0 spiro atoms. The summed E-state index contributed by atoms with van der Waals surface area (Å²) in [6, 6.07) is 10.7. The lowest BCUT2D eigenvalue weighted by molar-refractivity contribution is -0.113. The van der Waals surface area contributed by atoms with Gasteiger partial charge < -0.3 is 14.6 Å². The molecule has 0 saturated carbocycles. The molecule has 1 N–H and O–H groups in total. The van der Waals surface area contributed by atoms with Crippen molar-refractivity contribution in [3.63, 3.8) is 0 Å². The number of nitrogens with one attached hydrogen (secondary N) is 1. The number of para-hydroxylation sites is 1. The average Bonchev–Trinajstić information content (AvgIpc) is 3.10. The molecule has 0 fully saturated rings. The number of benzene rings is 2. The first-order valence-electron chi connectivity index (χ1n) is 8.07. The molecular weight excluding hydrogens is 372 g/mol. The SMILES string of the molecule is COc1ccccc1Cn1ccnc1SCC(=O)Nc1ccc(F)cc1F. The van der Waals surface area contributed by atoms with Crippen LogP contribution in [0, 0.1) is 11.6 Å². The standard InChI is InChI=1S/C19H17F2N3O2S/c1-26-17-5-3-2-4-13(17)11-24-9-8-22-19(24)27-12-18(25)23-16-7-6-14(20)10-15(16)21/h2-10H,11-12H2,1H3,(H,23,25). The highest BCUT2D eigenvalue weighted by molar-refractivity contribution is 7.99. The van der Waals surface area contributed by atoms with E-state index in [0.717, 1.165) is 23.4 Å². The van der Waals surface area contributed by atoms with E-state index in [0.29, 0.717) is 11.7 Å². The van der Waals surface area contributed by atoms with Crippen LogP contribution in [0.25, 0.3) is 0 Å². The molecule has 1 aromatic heterocycles. The molecule has 0 atom stereocenters. The molecule has 2 aromatic carbocycles. The third-order valence-corrected chi connectivity index (χ3v) is 4.75. The lowest BCUT2D eigenvalue weighted by Gasteiger charge is -2.11. The second-order valence-corrected chi connectivity index (χ2v) is 6.55. The van der Waals surface area contributed by atoms with Gasteiger partial charge in [0.1, 0.15) is 17.4 Å². The van der Waals surface area contributed by atoms with Gasteiger partial charge in [0.2, 0.25) is 5.91 Å². The molecule has 0 unspecified atom stereocenters. The predicted octanol–water partition coefficient (Wildman–Crippen LogP) is 3.95. The number of halogens is 2. The van der Waals surface area contributed by atoms with Crippen molar-refractivity contribution in [2.45, 2.75) is 11.7 Å². The summed E-state index contributed by atoms with van der Waals surface area (Å²) in [5.74, 6) is -1.10. The average molecular weight is 389 g/mol. The second-order valence-electron chi connectivity index (χ2n) is 5.61. The van der Waals surface area contributed by atoms with Gasteiger partial charge in [0.15, 0.2) is 5.16 Å². The summed E-state index contributed by atoms with van der Waals surface area (Å²) in [6.45, 7) is 0.542. The second kappa shape index (κ2) is 8.68. The highest BCUT2D eigenvalue weighted by Gasteiger charge is 2.12. The zero-order chi connectivity index (χ0) is 19.2. The van der Waals surface area contributed by atoms with Gasteiger partial charge in [0, 0.05) is 24.0 Å². The van der Waals surface area contributed by atoms with Gasteiger partial charge in [-0.2, -0.15) is 0 Å². The molecule has 1 amide bonds. The van der Waals surface area contributed by atoms with Crippen LogP contribution in [0.1, 0.15) is 5.56 Å². The van der Waals surface area contributed by atoms with E-state index in [-0.39, 0.29) is 11.4 Å². The fourth-order valence-electron chi connectivity index (χ4n) is 2.48. The maximum Gasteiger partial charge on any atom is 0.234 e. The van der Waals surface area contributed by atoms with E-state index in [1.165, 1.54) is 17.8 Å². The quantitative estimate of drug-likeness (QED) is 0.622. The van der Waals surface area contributed by atoms with Crippen molar-refractivity contribution in [1.82, 2.24) is 9.55 Å². The van der Waals surface area contributed by atoms with E-state index < -0.39 is 17.5 Å². The van der Waals surface area contributed by atoms with Crippen molar-refractivity contribution >= 4 is 23.4 Å². The number of nitrogens with zero attached hydrogens (tertiary/aromatic N) is 2. The first kappa shape index (κ1) is 18.9. The molecular formula is C19H17F2N3O2S. The Kier molecular flexibility index (Phi) is 6.08.